The second-order valence-electron chi connectivity index (χ2n) is 4.21. The number of aromatic hydroxyl groups is 1. The summed E-state index contributed by atoms with van der Waals surface area (Å²) in [6.45, 7) is 1.96. The Hall–Kier alpha value is -1.80. The van der Waals surface area contributed by atoms with E-state index in [4.69, 9.17) is 0 Å². The van der Waals surface area contributed by atoms with Gasteiger partial charge in [0.1, 0.15) is 5.75 Å². The van der Waals surface area contributed by atoms with E-state index in [0.717, 1.165) is 16.7 Å². The van der Waals surface area contributed by atoms with Gasteiger partial charge in [0.15, 0.2) is 0 Å². The molecule has 1 atom stereocenters. The van der Waals surface area contributed by atoms with Gasteiger partial charge >= 0.3 is 0 Å². The van der Waals surface area contributed by atoms with Crippen molar-refractivity contribution in [1.82, 2.24) is 0 Å². The van der Waals surface area contributed by atoms with Crippen LogP contribution in [-0.4, -0.2) is 16.8 Å². The summed E-state index contributed by atoms with van der Waals surface area (Å²) in [5, 5.41) is 19.4. The van der Waals surface area contributed by atoms with E-state index in [1.54, 1.807) is 6.07 Å². The third kappa shape index (κ3) is 2.48. The van der Waals surface area contributed by atoms with Crippen molar-refractivity contribution in [1.29, 1.82) is 0 Å². The van der Waals surface area contributed by atoms with Gasteiger partial charge < -0.3 is 10.2 Å². The van der Waals surface area contributed by atoms with Gasteiger partial charge in [-0.1, -0.05) is 48.0 Å². The van der Waals surface area contributed by atoms with Crippen LogP contribution in [0, 0.1) is 6.92 Å². The van der Waals surface area contributed by atoms with Crippen LogP contribution in [0.15, 0.2) is 48.5 Å². The molecule has 0 radical (unpaired) electrons. The summed E-state index contributed by atoms with van der Waals surface area (Å²) in [6, 6.07) is 15.2. The van der Waals surface area contributed by atoms with Crippen LogP contribution < -0.4 is 0 Å². The molecule has 2 N–H and O–H groups in total. The summed E-state index contributed by atoms with van der Waals surface area (Å²) in [6.07, 6.45) is 0. The van der Waals surface area contributed by atoms with E-state index >= 15 is 0 Å². The van der Waals surface area contributed by atoms with Crippen molar-refractivity contribution in [3.63, 3.8) is 0 Å². The fourth-order valence-corrected chi connectivity index (χ4v) is 2.02. The number of hydrogen-bond acceptors (Lipinski definition) is 2. The quantitative estimate of drug-likeness (QED) is 0.848. The van der Waals surface area contributed by atoms with E-state index in [2.05, 4.69) is 0 Å². The molecule has 2 heteroatoms. The first-order valence-electron chi connectivity index (χ1n) is 5.67. The molecule has 2 aromatic carbocycles. The van der Waals surface area contributed by atoms with E-state index in [-0.39, 0.29) is 18.3 Å². The molecular weight excluding hydrogens is 212 g/mol. The molecule has 0 aromatic heterocycles. The van der Waals surface area contributed by atoms with E-state index in [1.807, 2.05) is 49.4 Å². The number of rotatable bonds is 3. The lowest BCUT2D eigenvalue weighted by atomic mass is 9.90. The van der Waals surface area contributed by atoms with Crippen molar-refractivity contribution >= 4 is 0 Å². The number of aliphatic hydroxyl groups excluding tert-OH is 1. The second kappa shape index (κ2) is 5.02. The average molecular weight is 228 g/mol. The third-order valence-electron chi connectivity index (χ3n) is 2.94. The Morgan fingerprint density at radius 2 is 1.76 bits per heavy atom. The predicted octanol–water partition coefficient (Wildman–Crippen LogP) is 2.82. The Kier molecular flexibility index (Phi) is 3.45. The van der Waals surface area contributed by atoms with Gasteiger partial charge in [-0.3, -0.25) is 0 Å². The predicted molar refractivity (Wildman–Crippen MR) is 68.2 cm³/mol. The standard InChI is InChI=1S/C15H16O2/c1-11-7-8-15(17)13(9-11)14(10-16)12-5-3-2-4-6-12/h2-9,14,16-17H,10H2,1H3. The largest absolute Gasteiger partial charge is 0.508 e. The second-order valence-corrected chi connectivity index (χ2v) is 4.21. The van der Waals surface area contributed by atoms with Crippen LogP contribution in [-0.2, 0) is 0 Å². The van der Waals surface area contributed by atoms with E-state index in [9.17, 15) is 10.2 Å². The Balaban J connectivity index is 2.46. The maximum Gasteiger partial charge on any atom is 0.119 e. The normalized spacial score (nSPS) is 12.4. The Bertz CT molecular complexity index is 492. The maximum atomic E-state index is 9.89. The van der Waals surface area contributed by atoms with Crippen LogP contribution in [0.3, 0.4) is 0 Å². The van der Waals surface area contributed by atoms with Crippen molar-refractivity contribution in [2.75, 3.05) is 6.61 Å². The van der Waals surface area contributed by atoms with Gasteiger partial charge in [-0.2, -0.15) is 0 Å². The lowest BCUT2D eigenvalue weighted by Crippen LogP contribution is -2.06. The Labute approximate surface area is 101 Å². The zero-order chi connectivity index (χ0) is 12.3. The highest BCUT2D eigenvalue weighted by Crippen LogP contribution is 2.31. The number of phenols is 1. The number of hydrogen-bond donors (Lipinski definition) is 2. The molecule has 0 aliphatic heterocycles. The lowest BCUT2D eigenvalue weighted by Gasteiger charge is -2.17. The zero-order valence-corrected chi connectivity index (χ0v) is 9.80. The molecule has 0 saturated carbocycles. The van der Waals surface area contributed by atoms with E-state index < -0.39 is 0 Å². The van der Waals surface area contributed by atoms with Crippen LogP contribution in [0.25, 0.3) is 0 Å². The minimum atomic E-state index is -0.170. The highest BCUT2D eigenvalue weighted by Gasteiger charge is 2.16. The molecule has 2 aromatic rings. The van der Waals surface area contributed by atoms with Crippen molar-refractivity contribution in [3.05, 3.63) is 65.2 Å². The van der Waals surface area contributed by atoms with Gasteiger partial charge in [-0.25, -0.2) is 0 Å². The summed E-state index contributed by atoms with van der Waals surface area (Å²) in [5.74, 6) is 0.0644. The fraction of sp³-hybridized carbons (Fsp3) is 0.200. The van der Waals surface area contributed by atoms with Crippen LogP contribution in [0.1, 0.15) is 22.6 Å². The molecule has 0 heterocycles. The molecule has 0 aliphatic carbocycles. The number of aryl methyl sites for hydroxylation is 1. The van der Waals surface area contributed by atoms with Crippen LogP contribution >= 0.6 is 0 Å². The summed E-state index contributed by atoms with van der Waals surface area (Å²) >= 11 is 0. The van der Waals surface area contributed by atoms with Gasteiger partial charge in [0.25, 0.3) is 0 Å². The van der Waals surface area contributed by atoms with Crippen molar-refractivity contribution in [2.24, 2.45) is 0 Å². The molecule has 88 valence electrons. The fourth-order valence-electron chi connectivity index (χ4n) is 2.02. The summed E-state index contributed by atoms with van der Waals surface area (Å²) in [5.41, 5.74) is 2.86. The lowest BCUT2D eigenvalue weighted by molar-refractivity contribution is 0.278. The molecule has 2 nitrogen and oxygen atoms in total. The molecule has 0 saturated heterocycles. The molecule has 0 fully saturated rings. The van der Waals surface area contributed by atoms with Crippen LogP contribution in [0.5, 0.6) is 5.75 Å². The SMILES string of the molecule is Cc1ccc(O)c(C(CO)c2ccccc2)c1. The Morgan fingerprint density at radius 1 is 1.06 bits per heavy atom. The van der Waals surface area contributed by atoms with Gasteiger partial charge in [-0.05, 0) is 18.6 Å². The molecular formula is C15H16O2. The molecule has 0 aliphatic rings. The minimum absolute atomic E-state index is 0.0129. The van der Waals surface area contributed by atoms with Gasteiger partial charge in [0.05, 0.1) is 6.61 Å². The number of aliphatic hydroxyl groups is 1. The Morgan fingerprint density at radius 3 is 2.41 bits per heavy atom. The van der Waals surface area contributed by atoms with Gasteiger partial charge in [0.2, 0.25) is 0 Å². The van der Waals surface area contributed by atoms with E-state index in [0.29, 0.717) is 0 Å². The van der Waals surface area contributed by atoms with Gasteiger partial charge in [-0.15, -0.1) is 0 Å². The summed E-state index contributed by atoms with van der Waals surface area (Å²) < 4.78 is 0. The molecule has 17 heavy (non-hydrogen) atoms. The van der Waals surface area contributed by atoms with Crippen LogP contribution in [0.2, 0.25) is 0 Å². The summed E-state index contributed by atoms with van der Waals surface area (Å²) in [7, 11) is 0. The van der Waals surface area contributed by atoms with Crippen molar-refractivity contribution in [2.45, 2.75) is 12.8 Å². The minimum Gasteiger partial charge on any atom is -0.508 e. The smallest absolute Gasteiger partial charge is 0.119 e. The molecule has 1 unspecified atom stereocenters. The first-order chi connectivity index (χ1) is 8.22. The molecule has 0 bridgehead atoms. The molecule has 0 amide bonds. The monoisotopic (exact) mass is 228 g/mol. The first kappa shape index (κ1) is 11.7. The summed E-state index contributed by atoms with van der Waals surface area (Å²) in [4.78, 5) is 0. The highest BCUT2D eigenvalue weighted by atomic mass is 16.3. The third-order valence-corrected chi connectivity index (χ3v) is 2.94. The number of phenolic OH excluding ortho intramolecular Hbond substituents is 1. The van der Waals surface area contributed by atoms with Crippen molar-refractivity contribution in [3.8, 4) is 5.75 Å². The highest BCUT2D eigenvalue weighted by molar-refractivity contribution is 5.43. The average Bonchev–Trinajstić information content (AvgIpc) is 2.36. The molecule has 0 spiro atoms. The first-order valence-corrected chi connectivity index (χ1v) is 5.67. The van der Waals surface area contributed by atoms with E-state index in [1.165, 1.54) is 0 Å². The zero-order valence-electron chi connectivity index (χ0n) is 9.80. The topological polar surface area (TPSA) is 40.5 Å². The maximum absolute atomic E-state index is 9.89. The molecule has 2 rings (SSSR count). The van der Waals surface area contributed by atoms with Crippen molar-refractivity contribution < 1.29 is 10.2 Å². The van der Waals surface area contributed by atoms with Gasteiger partial charge in [0, 0.05) is 11.5 Å². The van der Waals surface area contributed by atoms with Crippen LogP contribution in [0.4, 0.5) is 0 Å². The number of benzene rings is 2.